The number of nitrogens with zero attached hydrogens (tertiary/aromatic N) is 2. The van der Waals surface area contributed by atoms with E-state index in [1.807, 2.05) is 90.6 Å². The Balaban J connectivity index is 1.54. The van der Waals surface area contributed by atoms with Crippen LogP contribution in [0.15, 0.2) is 72.8 Å². The maximum Gasteiger partial charge on any atom is 0.256 e. The first-order chi connectivity index (χ1) is 15.0. The van der Waals surface area contributed by atoms with Crippen LogP contribution in [0.1, 0.15) is 33.6 Å². The van der Waals surface area contributed by atoms with Gasteiger partial charge in [-0.3, -0.25) is 9.59 Å². The third-order valence-electron chi connectivity index (χ3n) is 5.61. The number of carbonyl (C=O) groups excluding carboxylic acids is 2. The maximum absolute atomic E-state index is 13.0. The van der Waals surface area contributed by atoms with Gasteiger partial charge in [0.1, 0.15) is 0 Å². The fourth-order valence-electron chi connectivity index (χ4n) is 3.91. The summed E-state index contributed by atoms with van der Waals surface area (Å²) >= 11 is 0. The minimum absolute atomic E-state index is 0.0181. The van der Waals surface area contributed by atoms with Gasteiger partial charge < -0.3 is 15.1 Å². The van der Waals surface area contributed by atoms with Gasteiger partial charge >= 0.3 is 0 Å². The average Bonchev–Trinajstić information content (AvgIpc) is 3.34. The molecule has 0 radical (unpaired) electrons. The van der Waals surface area contributed by atoms with Crippen molar-refractivity contribution in [3.8, 4) is 11.1 Å². The lowest BCUT2D eigenvalue weighted by molar-refractivity contribution is 0.0793. The van der Waals surface area contributed by atoms with Crippen molar-refractivity contribution in [2.45, 2.75) is 12.8 Å². The largest absolute Gasteiger partial charge is 0.377 e. The van der Waals surface area contributed by atoms with E-state index in [0.717, 1.165) is 42.7 Å². The van der Waals surface area contributed by atoms with Gasteiger partial charge in [-0.2, -0.15) is 0 Å². The molecule has 0 atom stereocenters. The molecule has 0 unspecified atom stereocenters. The third kappa shape index (κ3) is 4.61. The van der Waals surface area contributed by atoms with Crippen molar-refractivity contribution in [3.05, 3.63) is 83.9 Å². The van der Waals surface area contributed by atoms with E-state index in [0.29, 0.717) is 16.8 Å². The molecule has 2 amide bonds. The lowest BCUT2D eigenvalue weighted by Gasteiger charge is -2.22. The quantitative estimate of drug-likeness (QED) is 0.647. The van der Waals surface area contributed by atoms with Crippen molar-refractivity contribution in [3.63, 3.8) is 0 Å². The summed E-state index contributed by atoms with van der Waals surface area (Å²) in [6, 6.07) is 23.1. The molecule has 3 aromatic rings. The Bertz CT molecular complexity index is 1070. The average molecular weight is 414 g/mol. The summed E-state index contributed by atoms with van der Waals surface area (Å²) in [4.78, 5) is 29.7. The van der Waals surface area contributed by atoms with Crippen LogP contribution in [-0.2, 0) is 0 Å². The van der Waals surface area contributed by atoms with Crippen LogP contribution in [-0.4, -0.2) is 43.9 Å². The van der Waals surface area contributed by atoms with E-state index in [2.05, 4.69) is 5.32 Å². The molecule has 5 heteroatoms. The molecule has 0 aliphatic carbocycles. The Morgan fingerprint density at radius 2 is 1.48 bits per heavy atom. The van der Waals surface area contributed by atoms with Crippen molar-refractivity contribution >= 4 is 23.2 Å². The summed E-state index contributed by atoms with van der Waals surface area (Å²) in [7, 11) is 3.84. The number of hydrogen-bond donors (Lipinski definition) is 1. The fourth-order valence-corrected chi connectivity index (χ4v) is 3.91. The molecular weight excluding hydrogens is 386 g/mol. The fraction of sp³-hybridized carbons (Fsp3) is 0.231. The molecule has 1 saturated heterocycles. The molecule has 0 saturated carbocycles. The number of nitrogens with one attached hydrogen (secondary N) is 1. The Kier molecular flexibility index (Phi) is 6.03. The Morgan fingerprint density at radius 1 is 0.839 bits per heavy atom. The predicted octanol–water partition coefficient (Wildman–Crippen LogP) is 4.91. The summed E-state index contributed by atoms with van der Waals surface area (Å²) in [5.74, 6) is -0.179. The van der Waals surface area contributed by atoms with Crippen molar-refractivity contribution in [1.82, 2.24) is 4.90 Å². The standard InChI is InChI=1S/C26H27N3O2/c1-28(2)24-15-14-22(18-23(24)26(31)29-16-6-7-17-29)27-25(30)21-12-10-20(11-13-21)19-8-4-3-5-9-19/h3-5,8-15,18H,6-7,16-17H2,1-2H3,(H,27,30). The van der Waals surface area contributed by atoms with E-state index in [9.17, 15) is 9.59 Å². The van der Waals surface area contributed by atoms with Crippen LogP contribution in [0, 0.1) is 0 Å². The van der Waals surface area contributed by atoms with Gasteiger partial charge in [0.25, 0.3) is 11.8 Å². The van der Waals surface area contributed by atoms with Gasteiger partial charge in [0.05, 0.1) is 5.56 Å². The Hall–Kier alpha value is -3.60. The number of benzene rings is 3. The van der Waals surface area contributed by atoms with Gasteiger partial charge in [-0.25, -0.2) is 0 Å². The molecule has 31 heavy (non-hydrogen) atoms. The topological polar surface area (TPSA) is 52.7 Å². The summed E-state index contributed by atoms with van der Waals surface area (Å²) < 4.78 is 0. The SMILES string of the molecule is CN(C)c1ccc(NC(=O)c2ccc(-c3ccccc3)cc2)cc1C(=O)N1CCCC1. The van der Waals surface area contributed by atoms with Crippen LogP contribution >= 0.6 is 0 Å². The molecular formula is C26H27N3O2. The van der Waals surface area contributed by atoms with Crippen LogP contribution in [0.3, 0.4) is 0 Å². The molecule has 1 aliphatic heterocycles. The molecule has 5 nitrogen and oxygen atoms in total. The third-order valence-corrected chi connectivity index (χ3v) is 5.61. The Morgan fingerprint density at radius 3 is 2.13 bits per heavy atom. The second-order valence-corrected chi connectivity index (χ2v) is 8.02. The number of hydrogen-bond acceptors (Lipinski definition) is 3. The van der Waals surface area contributed by atoms with Gasteiger partial charge in [-0.1, -0.05) is 42.5 Å². The van der Waals surface area contributed by atoms with Crippen LogP contribution < -0.4 is 10.2 Å². The molecule has 0 bridgehead atoms. The molecule has 0 spiro atoms. The molecule has 1 fully saturated rings. The monoisotopic (exact) mass is 413 g/mol. The lowest BCUT2D eigenvalue weighted by atomic mass is 10.0. The van der Waals surface area contributed by atoms with Gasteiger partial charge in [-0.15, -0.1) is 0 Å². The van der Waals surface area contributed by atoms with Crippen molar-refractivity contribution in [2.24, 2.45) is 0 Å². The first kappa shape index (κ1) is 20.7. The van der Waals surface area contributed by atoms with E-state index < -0.39 is 0 Å². The van der Waals surface area contributed by atoms with Crippen LogP contribution in [0.5, 0.6) is 0 Å². The summed E-state index contributed by atoms with van der Waals surface area (Å²) in [6.07, 6.45) is 2.08. The number of rotatable bonds is 5. The minimum Gasteiger partial charge on any atom is -0.377 e. The molecule has 1 heterocycles. The van der Waals surface area contributed by atoms with Gasteiger partial charge in [0.15, 0.2) is 0 Å². The zero-order valence-electron chi connectivity index (χ0n) is 18.0. The number of anilines is 2. The van der Waals surface area contributed by atoms with Crippen LogP contribution in [0.2, 0.25) is 0 Å². The van der Waals surface area contributed by atoms with Crippen molar-refractivity contribution in [2.75, 3.05) is 37.4 Å². The molecule has 3 aromatic carbocycles. The molecule has 4 rings (SSSR count). The molecule has 1 N–H and O–H groups in total. The van der Waals surface area contributed by atoms with E-state index in [1.165, 1.54) is 0 Å². The number of carbonyl (C=O) groups is 2. The highest BCUT2D eigenvalue weighted by atomic mass is 16.2. The summed E-state index contributed by atoms with van der Waals surface area (Å²) in [5.41, 5.74) is 4.82. The highest BCUT2D eigenvalue weighted by molar-refractivity contribution is 6.06. The number of amides is 2. The molecule has 0 aromatic heterocycles. The normalized spacial score (nSPS) is 13.2. The molecule has 1 aliphatic rings. The first-order valence-corrected chi connectivity index (χ1v) is 10.6. The smallest absolute Gasteiger partial charge is 0.256 e. The predicted molar refractivity (Wildman–Crippen MR) is 126 cm³/mol. The van der Waals surface area contributed by atoms with Crippen molar-refractivity contribution in [1.29, 1.82) is 0 Å². The maximum atomic E-state index is 13.0. The zero-order chi connectivity index (χ0) is 21.8. The molecule has 158 valence electrons. The van der Waals surface area contributed by atoms with E-state index in [-0.39, 0.29) is 11.8 Å². The van der Waals surface area contributed by atoms with Gasteiger partial charge in [0, 0.05) is 44.1 Å². The summed E-state index contributed by atoms with van der Waals surface area (Å²) in [6.45, 7) is 1.58. The minimum atomic E-state index is -0.197. The van der Waals surface area contributed by atoms with E-state index >= 15 is 0 Å². The highest BCUT2D eigenvalue weighted by Gasteiger charge is 2.23. The number of likely N-dealkylation sites (tertiary alicyclic amines) is 1. The van der Waals surface area contributed by atoms with Gasteiger partial charge in [-0.05, 0) is 54.3 Å². The zero-order valence-corrected chi connectivity index (χ0v) is 18.0. The van der Waals surface area contributed by atoms with E-state index in [1.54, 1.807) is 6.07 Å². The Labute approximate surface area is 183 Å². The van der Waals surface area contributed by atoms with Gasteiger partial charge in [0.2, 0.25) is 0 Å². The van der Waals surface area contributed by atoms with E-state index in [4.69, 9.17) is 0 Å². The summed E-state index contributed by atoms with van der Waals surface area (Å²) in [5, 5.41) is 2.94. The second kappa shape index (κ2) is 9.04. The highest BCUT2D eigenvalue weighted by Crippen LogP contribution is 2.26. The lowest BCUT2D eigenvalue weighted by Crippen LogP contribution is -2.29. The van der Waals surface area contributed by atoms with Crippen LogP contribution in [0.4, 0.5) is 11.4 Å². The van der Waals surface area contributed by atoms with Crippen LogP contribution in [0.25, 0.3) is 11.1 Å². The second-order valence-electron chi connectivity index (χ2n) is 8.02. The van der Waals surface area contributed by atoms with Crippen molar-refractivity contribution < 1.29 is 9.59 Å². The first-order valence-electron chi connectivity index (χ1n) is 10.6.